The van der Waals surface area contributed by atoms with E-state index in [2.05, 4.69) is 58.0 Å². The summed E-state index contributed by atoms with van der Waals surface area (Å²) >= 11 is 0. The summed E-state index contributed by atoms with van der Waals surface area (Å²) in [5.41, 5.74) is 5.32. The van der Waals surface area contributed by atoms with Gasteiger partial charge in [0.1, 0.15) is 0 Å². The second-order valence-electron chi connectivity index (χ2n) is 9.59. The van der Waals surface area contributed by atoms with Crippen molar-refractivity contribution in [3.8, 4) is 11.1 Å². The third kappa shape index (κ3) is 4.96. The fraction of sp³-hybridized carbons (Fsp3) is 0.267. The van der Waals surface area contributed by atoms with Crippen LogP contribution in [0.25, 0.3) is 21.9 Å². The fourth-order valence-corrected chi connectivity index (χ4v) is 5.08. The monoisotopic (exact) mass is 478 g/mol. The van der Waals surface area contributed by atoms with Gasteiger partial charge in [-0.2, -0.15) is 0 Å². The van der Waals surface area contributed by atoms with Gasteiger partial charge in [0.15, 0.2) is 0 Å². The minimum atomic E-state index is -0.162. The van der Waals surface area contributed by atoms with Gasteiger partial charge >= 0.3 is 6.03 Å². The molecule has 2 aliphatic rings. The molecule has 182 valence electrons. The standard InChI is InChI=1S/C30H30N4O2/c35-30(33-29-18-27(29)21-6-2-1-3-7-21)32-28-13-12-24(25-8-4-5-9-26(25)28)22-10-11-23(31-19-22)20-34-14-16-36-17-15-34/h1-13,19,27,29H,14-18,20H2,(H2,32,33,35)/t27-,29+/m0/s1. The van der Waals surface area contributed by atoms with Crippen molar-refractivity contribution in [2.45, 2.75) is 24.9 Å². The predicted octanol–water partition coefficient (Wildman–Crippen LogP) is 5.41. The Hall–Kier alpha value is -3.74. The molecule has 2 fully saturated rings. The zero-order valence-electron chi connectivity index (χ0n) is 20.2. The van der Waals surface area contributed by atoms with Crippen molar-refractivity contribution in [2.75, 3.05) is 31.6 Å². The van der Waals surface area contributed by atoms with Crippen LogP contribution in [0.3, 0.4) is 0 Å². The maximum absolute atomic E-state index is 12.8. The first kappa shape index (κ1) is 22.7. The third-order valence-electron chi connectivity index (χ3n) is 7.13. The normalized spacial score (nSPS) is 19.7. The number of carbonyl (C=O) groups excluding carboxylic acids is 1. The van der Waals surface area contributed by atoms with Crippen molar-refractivity contribution in [3.63, 3.8) is 0 Å². The van der Waals surface area contributed by atoms with E-state index in [9.17, 15) is 4.79 Å². The second-order valence-corrected chi connectivity index (χ2v) is 9.59. The average molecular weight is 479 g/mol. The van der Waals surface area contributed by atoms with Crippen LogP contribution in [0, 0.1) is 0 Å². The van der Waals surface area contributed by atoms with Crippen molar-refractivity contribution in [2.24, 2.45) is 0 Å². The molecule has 6 rings (SSSR count). The van der Waals surface area contributed by atoms with Gasteiger partial charge in [-0.05, 0) is 35.1 Å². The maximum Gasteiger partial charge on any atom is 0.319 e. The van der Waals surface area contributed by atoms with Crippen LogP contribution in [-0.4, -0.2) is 48.3 Å². The fourth-order valence-electron chi connectivity index (χ4n) is 5.08. The molecule has 3 aromatic carbocycles. The van der Waals surface area contributed by atoms with Crippen molar-refractivity contribution >= 4 is 22.5 Å². The lowest BCUT2D eigenvalue weighted by Gasteiger charge is -2.26. The van der Waals surface area contributed by atoms with Gasteiger partial charge in [0.05, 0.1) is 24.6 Å². The highest BCUT2D eigenvalue weighted by Gasteiger charge is 2.39. The summed E-state index contributed by atoms with van der Waals surface area (Å²) in [6.45, 7) is 4.31. The summed E-state index contributed by atoms with van der Waals surface area (Å²) < 4.78 is 5.44. The molecule has 2 heterocycles. The number of ether oxygens (including phenoxy) is 1. The molecule has 0 spiro atoms. The van der Waals surface area contributed by atoms with Gasteiger partial charge in [0, 0.05) is 48.7 Å². The third-order valence-corrected chi connectivity index (χ3v) is 7.13. The highest BCUT2D eigenvalue weighted by atomic mass is 16.5. The van der Waals surface area contributed by atoms with Crippen molar-refractivity contribution in [3.05, 3.63) is 96.3 Å². The largest absolute Gasteiger partial charge is 0.379 e. The van der Waals surface area contributed by atoms with Gasteiger partial charge in [0.25, 0.3) is 0 Å². The predicted molar refractivity (Wildman–Crippen MR) is 143 cm³/mol. The van der Waals surface area contributed by atoms with Crippen LogP contribution >= 0.6 is 0 Å². The summed E-state index contributed by atoms with van der Waals surface area (Å²) in [6.07, 6.45) is 2.93. The number of carbonyl (C=O) groups is 1. The molecule has 1 saturated heterocycles. The van der Waals surface area contributed by atoms with Crippen LogP contribution < -0.4 is 10.6 Å². The Morgan fingerprint density at radius 2 is 1.69 bits per heavy atom. The molecule has 0 radical (unpaired) electrons. The minimum absolute atomic E-state index is 0.162. The van der Waals surface area contributed by atoms with Crippen LogP contribution in [0.1, 0.15) is 23.6 Å². The van der Waals surface area contributed by atoms with Gasteiger partial charge < -0.3 is 15.4 Å². The van der Waals surface area contributed by atoms with E-state index in [0.29, 0.717) is 5.92 Å². The number of fused-ring (bicyclic) bond motifs is 1. The van der Waals surface area contributed by atoms with Gasteiger partial charge in [-0.3, -0.25) is 9.88 Å². The molecule has 1 aromatic heterocycles. The van der Waals surface area contributed by atoms with Gasteiger partial charge in [-0.25, -0.2) is 4.79 Å². The van der Waals surface area contributed by atoms with Crippen LogP contribution in [0.5, 0.6) is 0 Å². The van der Waals surface area contributed by atoms with E-state index in [0.717, 1.165) is 72.5 Å². The van der Waals surface area contributed by atoms with E-state index in [4.69, 9.17) is 9.72 Å². The number of amides is 2. The van der Waals surface area contributed by atoms with E-state index in [1.165, 1.54) is 5.56 Å². The number of nitrogens with zero attached hydrogens (tertiary/aromatic N) is 2. The van der Waals surface area contributed by atoms with Crippen LogP contribution in [-0.2, 0) is 11.3 Å². The first-order chi connectivity index (χ1) is 17.7. The Labute approximate surface area is 211 Å². The lowest BCUT2D eigenvalue weighted by molar-refractivity contribution is 0.0336. The van der Waals surface area contributed by atoms with Crippen molar-refractivity contribution in [1.29, 1.82) is 0 Å². The topological polar surface area (TPSA) is 66.5 Å². The Morgan fingerprint density at radius 3 is 2.47 bits per heavy atom. The number of hydrogen-bond donors (Lipinski definition) is 2. The van der Waals surface area contributed by atoms with Gasteiger partial charge in [-0.1, -0.05) is 66.7 Å². The quantitative estimate of drug-likeness (QED) is 0.389. The molecule has 1 saturated carbocycles. The Morgan fingerprint density at radius 1 is 0.917 bits per heavy atom. The highest BCUT2D eigenvalue weighted by molar-refractivity contribution is 6.07. The van der Waals surface area contributed by atoms with E-state index in [1.54, 1.807) is 0 Å². The summed E-state index contributed by atoms with van der Waals surface area (Å²) in [6, 6.07) is 26.9. The Kier molecular flexibility index (Phi) is 6.36. The second kappa shape index (κ2) is 10.1. The smallest absolute Gasteiger partial charge is 0.319 e. The summed E-state index contributed by atoms with van der Waals surface area (Å²) in [5, 5.41) is 8.31. The first-order valence-electron chi connectivity index (χ1n) is 12.6. The lowest BCUT2D eigenvalue weighted by atomic mass is 9.98. The number of urea groups is 1. The number of anilines is 1. The molecular weight excluding hydrogens is 448 g/mol. The highest BCUT2D eigenvalue weighted by Crippen LogP contribution is 2.40. The lowest BCUT2D eigenvalue weighted by Crippen LogP contribution is -2.35. The SMILES string of the molecule is O=C(Nc1ccc(-c2ccc(CN3CCOCC3)nc2)c2ccccc12)N[C@@H]1C[C@H]1c1ccccc1. The zero-order valence-corrected chi connectivity index (χ0v) is 20.2. The number of aromatic nitrogens is 1. The molecule has 0 bridgehead atoms. The number of hydrogen-bond acceptors (Lipinski definition) is 4. The summed E-state index contributed by atoms with van der Waals surface area (Å²) in [7, 11) is 0. The molecule has 4 aromatic rings. The average Bonchev–Trinajstić information content (AvgIpc) is 3.69. The number of rotatable bonds is 6. The molecule has 6 nitrogen and oxygen atoms in total. The van der Waals surface area contributed by atoms with Crippen LogP contribution in [0.2, 0.25) is 0 Å². The number of nitrogens with one attached hydrogen (secondary N) is 2. The van der Waals surface area contributed by atoms with Crippen molar-refractivity contribution < 1.29 is 9.53 Å². The molecule has 2 N–H and O–H groups in total. The van der Waals surface area contributed by atoms with E-state index in [-0.39, 0.29) is 12.1 Å². The van der Waals surface area contributed by atoms with Gasteiger partial charge in [0.2, 0.25) is 0 Å². The summed E-state index contributed by atoms with van der Waals surface area (Å²) in [4.78, 5) is 19.9. The molecule has 36 heavy (non-hydrogen) atoms. The van der Waals surface area contributed by atoms with Crippen LogP contribution in [0.4, 0.5) is 10.5 Å². The molecule has 2 amide bonds. The number of benzene rings is 3. The Balaban J connectivity index is 1.16. The van der Waals surface area contributed by atoms with E-state index >= 15 is 0 Å². The molecule has 0 unspecified atom stereocenters. The Bertz CT molecular complexity index is 1350. The molecule has 6 heteroatoms. The van der Waals surface area contributed by atoms with Gasteiger partial charge in [-0.15, -0.1) is 0 Å². The van der Waals surface area contributed by atoms with Crippen molar-refractivity contribution in [1.82, 2.24) is 15.2 Å². The first-order valence-corrected chi connectivity index (χ1v) is 12.6. The maximum atomic E-state index is 12.8. The van der Waals surface area contributed by atoms with Crippen LogP contribution in [0.15, 0.2) is 85.1 Å². The molecule has 2 atom stereocenters. The van der Waals surface area contributed by atoms with E-state index < -0.39 is 0 Å². The molecular formula is C30H30N4O2. The summed E-state index contributed by atoms with van der Waals surface area (Å²) in [5.74, 6) is 0.398. The minimum Gasteiger partial charge on any atom is -0.379 e. The molecule has 1 aliphatic carbocycles. The molecule has 1 aliphatic heterocycles. The number of pyridine rings is 1. The van der Waals surface area contributed by atoms with E-state index in [1.807, 2.05) is 42.6 Å². The zero-order chi connectivity index (χ0) is 24.3. The number of morpholine rings is 1.